The fourth-order valence-corrected chi connectivity index (χ4v) is 7.83. The Kier molecular flexibility index (Phi) is 49.4. The van der Waals surface area contributed by atoms with E-state index in [1.54, 1.807) is 0 Å². The monoisotopic (exact) mass is 983 g/mol. The Morgan fingerprint density at radius 3 is 1.26 bits per heavy atom. The molecular weight excluding hydrogens is 878 g/mol. The summed E-state index contributed by atoms with van der Waals surface area (Å²) in [5.74, 6) is -0.334. The normalized spacial score (nSPS) is 14.3. The molecule has 8 nitrogen and oxygen atoms in total. The third-order valence-electron chi connectivity index (χ3n) is 11.3. The van der Waals surface area contributed by atoms with E-state index in [1.165, 1.54) is 96.3 Å². The standard InChI is InChI=1S/C60H104NO7P/c1-6-8-10-12-14-16-18-20-22-24-26-28-30-32-34-36-38-40-42-44-46-48-50-52-55-65-57-59(58-67-69(63,64)66-56-54-61(3,4)5)68-60(62)53-51-49-47-45-43-41-39-37-35-33-31-29-27-25-23-21-19-17-15-13-11-9-7-2/h8,10,14,16,19-22,25-28,32,34,38,40,44,46,59H,6-7,9,11-13,15,17-18,23-24,29-31,33,35-37,39,41-43,45,47-58H2,1-5H3/p+1/b10-8-,16-14-,21-19-,22-20-,27-25-,28-26-,34-32-,40-38-,46-44-. The summed E-state index contributed by atoms with van der Waals surface area (Å²) >= 11 is 0. The highest BCUT2D eigenvalue weighted by Gasteiger charge is 2.26. The molecule has 0 aromatic heterocycles. The number of phosphoric acid groups is 1. The Bertz CT molecular complexity index is 1470. The molecule has 2 atom stereocenters. The van der Waals surface area contributed by atoms with E-state index in [9.17, 15) is 14.3 Å². The largest absolute Gasteiger partial charge is 0.472 e. The first-order chi connectivity index (χ1) is 33.6. The van der Waals surface area contributed by atoms with Gasteiger partial charge >= 0.3 is 13.8 Å². The lowest BCUT2D eigenvalue weighted by atomic mass is 10.0. The molecule has 0 aromatic carbocycles. The van der Waals surface area contributed by atoms with E-state index < -0.39 is 13.9 Å². The molecule has 0 radical (unpaired) electrons. The highest BCUT2D eigenvalue weighted by Crippen LogP contribution is 2.43. The van der Waals surface area contributed by atoms with Gasteiger partial charge in [-0.2, -0.15) is 0 Å². The zero-order valence-corrected chi connectivity index (χ0v) is 45.9. The molecule has 0 aliphatic rings. The van der Waals surface area contributed by atoms with Crippen LogP contribution in [0.15, 0.2) is 109 Å². The fourth-order valence-electron chi connectivity index (χ4n) is 7.09. The maximum absolute atomic E-state index is 12.8. The van der Waals surface area contributed by atoms with E-state index in [0.717, 1.165) is 89.9 Å². The van der Waals surface area contributed by atoms with Gasteiger partial charge in [-0.3, -0.25) is 13.8 Å². The first-order valence-corrected chi connectivity index (χ1v) is 29.1. The number of phosphoric ester groups is 1. The zero-order chi connectivity index (χ0) is 50.5. The van der Waals surface area contributed by atoms with E-state index in [4.69, 9.17) is 18.5 Å². The minimum atomic E-state index is -4.31. The highest BCUT2D eigenvalue weighted by atomic mass is 31.2. The van der Waals surface area contributed by atoms with Crippen LogP contribution in [0, 0.1) is 0 Å². The van der Waals surface area contributed by atoms with Crippen LogP contribution in [0.1, 0.15) is 206 Å². The number of hydrogen-bond acceptors (Lipinski definition) is 6. The van der Waals surface area contributed by atoms with Crippen molar-refractivity contribution in [2.45, 2.75) is 213 Å². The zero-order valence-electron chi connectivity index (χ0n) is 45.0. The Hall–Kier alpha value is -2.84. The molecule has 0 aromatic rings. The van der Waals surface area contributed by atoms with Crippen LogP contribution in [0.3, 0.4) is 0 Å². The number of likely N-dealkylation sites (N-methyl/N-ethyl adjacent to an activating group) is 1. The van der Waals surface area contributed by atoms with Crippen molar-refractivity contribution in [1.29, 1.82) is 0 Å². The van der Waals surface area contributed by atoms with Gasteiger partial charge in [0, 0.05) is 13.0 Å². The topological polar surface area (TPSA) is 91.3 Å². The summed E-state index contributed by atoms with van der Waals surface area (Å²) in [5.41, 5.74) is 0. The van der Waals surface area contributed by atoms with Crippen LogP contribution in [0.25, 0.3) is 0 Å². The van der Waals surface area contributed by atoms with E-state index >= 15 is 0 Å². The van der Waals surface area contributed by atoms with Gasteiger partial charge in [0.1, 0.15) is 19.3 Å². The smallest absolute Gasteiger partial charge is 0.457 e. The van der Waals surface area contributed by atoms with Crippen LogP contribution in [-0.4, -0.2) is 75.6 Å². The Morgan fingerprint density at radius 1 is 0.464 bits per heavy atom. The summed E-state index contributed by atoms with van der Waals surface area (Å²) in [4.78, 5) is 23.1. The van der Waals surface area contributed by atoms with Crippen molar-refractivity contribution in [3.8, 4) is 0 Å². The van der Waals surface area contributed by atoms with Gasteiger partial charge in [-0.15, -0.1) is 0 Å². The minimum Gasteiger partial charge on any atom is -0.457 e. The third-order valence-corrected chi connectivity index (χ3v) is 12.3. The van der Waals surface area contributed by atoms with Gasteiger partial charge in [0.25, 0.3) is 0 Å². The molecule has 0 saturated heterocycles. The van der Waals surface area contributed by atoms with E-state index in [-0.39, 0.29) is 25.8 Å². The van der Waals surface area contributed by atoms with Gasteiger partial charge in [-0.25, -0.2) is 4.57 Å². The third kappa shape index (κ3) is 56.0. The van der Waals surface area contributed by atoms with Gasteiger partial charge in [-0.05, 0) is 103 Å². The lowest BCUT2D eigenvalue weighted by Crippen LogP contribution is -2.37. The van der Waals surface area contributed by atoms with Crippen LogP contribution < -0.4 is 0 Å². The first kappa shape index (κ1) is 66.2. The number of allylic oxidation sites excluding steroid dienone is 18. The summed E-state index contributed by atoms with van der Waals surface area (Å²) in [6.45, 7) is 5.37. The highest BCUT2D eigenvalue weighted by molar-refractivity contribution is 7.47. The van der Waals surface area contributed by atoms with Gasteiger partial charge < -0.3 is 18.9 Å². The lowest BCUT2D eigenvalue weighted by molar-refractivity contribution is -0.870. The van der Waals surface area contributed by atoms with Crippen molar-refractivity contribution in [1.82, 2.24) is 0 Å². The van der Waals surface area contributed by atoms with Crippen molar-refractivity contribution in [2.75, 3.05) is 54.1 Å². The lowest BCUT2D eigenvalue weighted by Gasteiger charge is -2.24. The minimum absolute atomic E-state index is 0.0735. The van der Waals surface area contributed by atoms with Crippen LogP contribution >= 0.6 is 7.82 Å². The number of hydrogen-bond donors (Lipinski definition) is 1. The van der Waals surface area contributed by atoms with Crippen molar-refractivity contribution < 1.29 is 37.3 Å². The molecule has 0 saturated carbocycles. The Morgan fingerprint density at radius 2 is 0.841 bits per heavy atom. The second-order valence-corrected chi connectivity index (χ2v) is 20.7. The predicted molar refractivity (Wildman–Crippen MR) is 297 cm³/mol. The molecule has 0 bridgehead atoms. The number of quaternary nitrogens is 1. The van der Waals surface area contributed by atoms with Gasteiger partial charge in [0.2, 0.25) is 0 Å². The Labute approximate surface area is 425 Å². The molecule has 2 unspecified atom stereocenters. The van der Waals surface area contributed by atoms with Crippen LogP contribution in [0.5, 0.6) is 0 Å². The average molecular weight is 983 g/mol. The summed E-state index contributed by atoms with van der Waals surface area (Å²) in [6, 6.07) is 0. The van der Waals surface area contributed by atoms with Crippen LogP contribution in [0.2, 0.25) is 0 Å². The van der Waals surface area contributed by atoms with E-state index in [0.29, 0.717) is 24.1 Å². The molecule has 1 N–H and O–H groups in total. The predicted octanol–water partition coefficient (Wildman–Crippen LogP) is 17.5. The summed E-state index contributed by atoms with van der Waals surface area (Å²) in [5, 5.41) is 0. The molecule has 0 aliphatic heterocycles. The SMILES string of the molecule is CC/C=C\C/C=C\C/C=C\C/C=C\C/C=C\C/C=C\C/C=C\CCCCOCC(COP(=O)(O)OCC[N+](C)(C)C)OC(=O)CCCCCCCCCCCCC/C=C\C/C=C\CCCCCCC. The molecule has 396 valence electrons. The fraction of sp³-hybridized carbons (Fsp3) is 0.683. The molecule has 0 rings (SSSR count). The van der Waals surface area contributed by atoms with Gasteiger partial charge in [-0.1, -0.05) is 207 Å². The average Bonchev–Trinajstić information content (AvgIpc) is 3.31. The van der Waals surface area contributed by atoms with Gasteiger partial charge in [0.05, 0.1) is 34.4 Å². The van der Waals surface area contributed by atoms with Crippen molar-refractivity contribution in [2.24, 2.45) is 0 Å². The molecule has 9 heteroatoms. The molecular formula is C60H105NO7P+. The molecule has 69 heavy (non-hydrogen) atoms. The van der Waals surface area contributed by atoms with E-state index in [1.807, 2.05) is 21.1 Å². The molecule has 0 heterocycles. The summed E-state index contributed by atoms with van der Waals surface area (Å²) in [7, 11) is 1.62. The van der Waals surface area contributed by atoms with Crippen molar-refractivity contribution >= 4 is 13.8 Å². The first-order valence-electron chi connectivity index (χ1n) is 27.6. The summed E-state index contributed by atoms with van der Waals surface area (Å²) in [6.07, 6.45) is 72.9. The van der Waals surface area contributed by atoms with Crippen LogP contribution in [0.4, 0.5) is 0 Å². The number of ether oxygens (including phenoxy) is 2. The maximum atomic E-state index is 12.8. The number of rotatable bonds is 50. The molecule has 0 spiro atoms. The number of carbonyl (C=O) groups excluding carboxylic acids is 1. The molecule has 0 aliphatic carbocycles. The summed E-state index contributed by atoms with van der Waals surface area (Å²) < 4.78 is 35.1. The second-order valence-electron chi connectivity index (χ2n) is 19.2. The quantitative estimate of drug-likeness (QED) is 0.0213. The number of nitrogens with zero attached hydrogens (tertiary/aromatic N) is 1. The van der Waals surface area contributed by atoms with Crippen molar-refractivity contribution in [3.63, 3.8) is 0 Å². The Balaban J connectivity index is 4.23. The van der Waals surface area contributed by atoms with Crippen molar-refractivity contribution in [3.05, 3.63) is 109 Å². The number of unbranched alkanes of at least 4 members (excludes halogenated alkanes) is 18. The molecule has 0 fully saturated rings. The number of esters is 1. The van der Waals surface area contributed by atoms with Crippen LogP contribution in [-0.2, 0) is 27.9 Å². The molecule has 0 amide bonds. The number of carbonyl (C=O) groups is 1. The second kappa shape index (κ2) is 51.5. The van der Waals surface area contributed by atoms with Gasteiger partial charge in [0.15, 0.2) is 0 Å². The maximum Gasteiger partial charge on any atom is 0.472 e. The van der Waals surface area contributed by atoms with E-state index in [2.05, 4.69) is 123 Å².